The Bertz CT molecular complexity index is 1080. The lowest BCUT2D eigenvalue weighted by molar-refractivity contribution is -0.00228. The molecule has 4 atom stereocenters. The molecule has 1 aromatic heterocycles. The molecule has 5 heterocycles. The zero-order chi connectivity index (χ0) is 24.2. The van der Waals surface area contributed by atoms with Crippen LogP contribution in [-0.4, -0.2) is 70.5 Å². The van der Waals surface area contributed by atoms with Crippen molar-refractivity contribution >= 4 is 17.9 Å². The third kappa shape index (κ3) is 4.48. The lowest BCUT2D eigenvalue weighted by atomic mass is 9.99. The highest BCUT2D eigenvalue weighted by atomic mass is 32.2. The van der Waals surface area contributed by atoms with Crippen LogP contribution in [0, 0.1) is 23.6 Å². The second kappa shape index (κ2) is 9.42. The quantitative estimate of drug-likeness (QED) is 0.541. The van der Waals surface area contributed by atoms with E-state index in [0.29, 0.717) is 31.0 Å². The first-order valence-electron chi connectivity index (χ1n) is 13.3. The number of nitrogens with zero attached hydrogens (tertiary/aromatic N) is 3. The molecule has 1 N–H and O–H groups in total. The number of nitrogens with one attached hydrogen (secondary N) is 1. The third-order valence-corrected chi connectivity index (χ3v) is 10.4. The van der Waals surface area contributed by atoms with Crippen LogP contribution in [0.5, 0.6) is 0 Å². The average molecular weight is 513 g/mol. The number of benzene rings is 1. The molecule has 36 heavy (non-hydrogen) atoms. The molecule has 192 valence electrons. The number of ether oxygens (including phenoxy) is 1. The van der Waals surface area contributed by atoms with Crippen molar-refractivity contribution in [2.24, 2.45) is 17.8 Å². The highest BCUT2D eigenvalue weighted by molar-refractivity contribution is 7.97. The number of rotatable bonds is 8. The number of aromatic nitrogens is 1. The molecule has 2 bridgehead atoms. The number of likely N-dealkylation sites (tertiary alicyclic amines) is 1. The van der Waals surface area contributed by atoms with Crippen LogP contribution in [-0.2, 0) is 11.3 Å². The smallest absolute Gasteiger partial charge is 0.273 e. The van der Waals surface area contributed by atoms with E-state index in [-0.39, 0.29) is 23.7 Å². The fourth-order valence-electron chi connectivity index (χ4n) is 6.84. The van der Waals surface area contributed by atoms with Crippen molar-refractivity contribution in [1.82, 2.24) is 19.7 Å². The van der Waals surface area contributed by atoms with Crippen LogP contribution in [0.3, 0.4) is 0 Å². The Balaban J connectivity index is 0.861. The summed E-state index contributed by atoms with van der Waals surface area (Å²) in [6.07, 6.45) is 4.48. The van der Waals surface area contributed by atoms with Crippen LogP contribution in [0.2, 0.25) is 0 Å². The van der Waals surface area contributed by atoms with Gasteiger partial charge in [-0.05, 0) is 61.1 Å². The van der Waals surface area contributed by atoms with Gasteiger partial charge < -0.3 is 14.6 Å². The Morgan fingerprint density at radius 3 is 2.50 bits per heavy atom. The van der Waals surface area contributed by atoms with Crippen LogP contribution >= 0.6 is 11.9 Å². The largest absolute Gasteiger partial charge is 0.380 e. The van der Waals surface area contributed by atoms with Gasteiger partial charge in [0.2, 0.25) is 0 Å². The van der Waals surface area contributed by atoms with Gasteiger partial charge in [0.15, 0.2) is 5.69 Å². The summed E-state index contributed by atoms with van der Waals surface area (Å²) in [5.41, 5.74) is 1.59. The molecule has 0 spiro atoms. The molecule has 4 unspecified atom stereocenters. The molecule has 7 rings (SSSR count). The zero-order valence-corrected chi connectivity index (χ0v) is 21.2. The van der Waals surface area contributed by atoms with E-state index in [0.717, 1.165) is 42.9 Å². The lowest BCUT2D eigenvalue weighted by Crippen LogP contribution is -2.48. The van der Waals surface area contributed by atoms with Crippen LogP contribution in [0.25, 0.3) is 0 Å². The molecule has 5 fully saturated rings. The van der Waals surface area contributed by atoms with Gasteiger partial charge in [-0.25, -0.2) is 8.70 Å². The number of fused-ring (bicyclic) bond motifs is 3. The summed E-state index contributed by atoms with van der Waals surface area (Å²) >= 11 is 2.06. The third-order valence-electron chi connectivity index (χ3n) is 8.99. The van der Waals surface area contributed by atoms with Gasteiger partial charge >= 0.3 is 0 Å². The van der Waals surface area contributed by atoms with Gasteiger partial charge in [0.1, 0.15) is 11.6 Å². The second-order valence-electron chi connectivity index (χ2n) is 11.3. The fraction of sp³-hybridized carbons (Fsp3) is 0.630. The number of carbonyl (C=O) groups excluding carboxylic acids is 1. The van der Waals surface area contributed by atoms with E-state index in [1.54, 1.807) is 18.2 Å². The van der Waals surface area contributed by atoms with E-state index in [4.69, 9.17) is 9.26 Å². The van der Waals surface area contributed by atoms with Crippen molar-refractivity contribution in [3.63, 3.8) is 0 Å². The zero-order valence-electron chi connectivity index (χ0n) is 20.4. The topological polar surface area (TPSA) is 70.8 Å². The lowest BCUT2D eigenvalue weighted by Gasteiger charge is -2.38. The van der Waals surface area contributed by atoms with E-state index in [1.807, 2.05) is 12.1 Å². The second-order valence-corrected chi connectivity index (χ2v) is 12.4. The molecule has 1 amide bonds. The van der Waals surface area contributed by atoms with E-state index in [9.17, 15) is 9.18 Å². The predicted molar refractivity (Wildman–Crippen MR) is 134 cm³/mol. The molecular formula is C27H33FN4O3S. The van der Waals surface area contributed by atoms with Crippen molar-refractivity contribution in [2.75, 3.05) is 32.1 Å². The van der Waals surface area contributed by atoms with Gasteiger partial charge in [0, 0.05) is 49.6 Å². The summed E-state index contributed by atoms with van der Waals surface area (Å²) in [5.74, 6) is 4.41. The van der Waals surface area contributed by atoms with Crippen molar-refractivity contribution in [3.05, 3.63) is 53.2 Å². The van der Waals surface area contributed by atoms with Gasteiger partial charge in [0.25, 0.3) is 5.91 Å². The van der Waals surface area contributed by atoms with Gasteiger partial charge in [-0.3, -0.25) is 9.69 Å². The predicted octanol–water partition coefficient (Wildman–Crippen LogP) is 3.68. The summed E-state index contributed by atoms with van der Waals surface area (Å²) in [7, 11) is 0. The van der Waals surface area contributed by atoms with Crippen molar-refractivity contribution in [1.29, 1.82) is 0 Å². The van der Waals surface area contributed by atoms with E-state index >= 15 is 0 Å². The normalized spacial score (nSPS) is 33.9. The van der Waals surface area contributed by atoms with Crippen LogP contribution in [0.15, 0.2) is 34.9 Å². The molecule has 9 heteroatoms. The van der Waals surface area contributed by atoms with Gasteiger partial charge in [-0.2, -0.15) is 0 Å². The Labute approximate surface area is 215 Å². The highest BCUT2D eigenvalue weighted by Gasteiger charge is 2.55. The van der Waals surface area contributed by atoms with E-state index in [2.05, 4.69) is 31.6 Å². The minimum atomic E-state index is -0.163. The molecule has 0 radical (unpaired) electrons. The SMILES string of the molecule is O=C(NC1CC2CCC(C1)N2SCC1C2CN(Cc3ccc(F)cc3)CC12)c1cc(C2COC2)on1. The molecule has 1 aliphatic carbocycles. The van der Waals surface area contributed by atoms with Crippen LogP contribution in [0.1, 0.15) is 53.4 Å². The number of amides is 1. The fourth-order valence-corrected chi connectivity index (χ4v) is 8.49. The standard InChI is InChI=1S/C27H33FN4O3S/c28-18-3-1-16(2-4-18)10-31-11-22-23(12-31)24(22)15-36-32-20-5-6-21(32)8-19(7-20)29-27(33)25-9-26(35-30-25)17-13-34-14-17/h1-4,9,17,19-24H,5-8,10-15H2,(H,29,33). The molecular weight excluding hydrogens is 479 g/mol. The molecule has 4 saturated heterocycles. The molecule has 1 saturated carbocycles. The van der Waals surface area contributed by atoms with Gasteiger partial charge in [0.05, 0.1) is 19.1 Å². The van der Waals surface area contributed by atoms with E-state index in [1.165, 1.54) is 37.2 Å². The summed E-state index contributed by atoms with van der Waals surface area (Å²) in [6.45, 7) is 4.57. The molecule has 4 aliphatic heterocycles. The van der Waals surface area contributed by atoms with Gasteiger partial charge in [-0.15, -0.1) is 0 Å². The van der Waals surface area contributed by atoms with Crippen LogP contribution < -0.4 is 5.32 Å². The number of piperidine rings is 2. The number of carbonyl (C=O) groups is 1. The van der Waals surface area contributed by atoms with Gasteiger partial charge in [-0.1, -0.05) is 29.2 Å². The van der Waals surface area contributed by atoms with Crippen molar-refractivity contribution < 1.29 is 18.4 Å². The highest BCUT2D eigenvalue weighted by Crippen LogP contribution is 2.54. The van der Waals surface area contributed by atoms with E-state index < -0.39 is 0 Å². The minimum Gasteiger partial charge on any atom is -0.380 e. The Morgan fingerprint density at radius 2 is 1.83 bits per heavy atom. The minimum absolute atomic E-state index is 0.119. The van der Waals surface area contributed by atoms with Crippen LogP contribution in [0.4, 0.5) is 4.39 Å². The first-order valence-corrected chi connectivity index (χ1v) is 14.3. The molecule has 7 nitrogen and oxygen atoms in total. The first kappa shape index (κ1) is 23.2. The molecule has 5 aliphatic rings. The number of halogens is 1. The Hall–Kier alpha value is -1.94. The Kier molecular flexibility index (Phi) is 6.07. The number of hydrogen-bond donors (Lipinski definition) is 1. The maximum absolute atomic E-state index is 13.2. The summed E-state index contributed by atoms with van der Waals surface area (Å²) in [5, 5.41) is 7.22. The molecule has 1 aromatic carbocycles. The summed E-state index contributed by atoms with van der Waals surface area (Å²) in [4.78, 5) is 15.3. The summed E-state index contributed by atoms with van der Waals surface area (Å²) in [6, 6.07) is 10.0. The Morgan fingerprint density at radius 1 is 1.11 bits per heavy atom. The molecule has 2 aromatic rings. The van der Waals surface area contributed by atoms with Crippen molar-refractivity contribution in [3.8, 4) is 0 Å². The maximum atomic E-state index is 13.2. The van der Waals surface area contributed by atoms with Crippen molar-refractivity contribution in [2.45, 2.75) is 56.3 Å². The number of hydrogen-bond acceptors (Lipinski definition) is 7. The monoisotopic (exact) mass is 512 g/mol. The maximum Gasteiger partial charge on any atom is 0.273 e. The summed E-state index contributed by atoms with van der Waals surface area (Å²) < 4.78 is 26.4. The first-order chi connectivity index (χ1) is 17.6. The average Bonchev–Trinajstić information content (AvgIpc) is 3.19.